The van der Waals surface area contributed by atoms with E-state index in [2.05, 4.69) is 11.1 Å². The number of aliphatic imine (C=N–C) groups is 1. The van der Waals surface area contributed by atoms with E-state index in [4.69, 9.17) is 11.6 Å². The molecule has 0 radical (unpaired) electrons. The van der Waals surface area contributed by atoms with Gasteiger partial charge in [0.05, 0.1) is 5.70 Å². The molecule has 1 aromatic rings. The second-order valence-corrected chi connectivity index (χ2v) is 5.05. The Balaban J connectivity index is 2.13. The summed E-state index contributed by atoms with van der Waals surface area (Å²) in [6.07, 6.45) is 8.44. The number of halogens is 1. The van der Waals surface area contributed by atoms with Crippen molar-refractivity contribution < 1.29 is 5.11 Å². The largest absolute Gasteiger partial charge is 0.508 e. The summed E-state index contributed by atoms with van der Waals surface area (Å²) < 4.78 is 0. The highest BCUT2D eigenvalue weighted by atomic mass is 35.5. The molecule has 88 valence electrons. The maximum atomic E-state index is 9.69. The van der Waals surface area contributed by atoms with Gasteiger partial charge in [0.2, 0.25) is 0 Å². The molecule has 3 heteroatoms. The number of rotatable bonds is 2. The first-order chi connectivity index (χ1) is 8.25. The van der Waals surface area contributed by atoms with Crippen LogP contribution in [-0.2, 0) is 0 Å². The molecule has 1 aliphatic carbocycles. The van der Waals surface area contributed by atoms with Crippen molar-refractivity contribution in [2.45, 2.75) is 31.6 Å². The average molecular weight is 248 g/mol. The van der Waals surface area contributed by atoms with Gasteiger partial charge in [-0.2, -0.15) is 0 Å². The predicted octanol–water partition coefficient (Wildman–Crippen LogP) is 4.13. The molecule has 2 aliphatic rings. The zero-order valence-corrected chi connectivity index (χ0v) is 10.2. The summed E-state index contributed by atoms with van der Waals surface area (Å²) in [6.45, 7) is 0. The summed E-state index contributed by atoms with van der Waals surface area (Å²) in [7, 11) is 0. The molecule has 0 unspecified atom stereocenters. The molecule has 0 bridgehead atoms. The topological polar surface area (TPSA) is 32.6 Å². The van der Waals surface area contributed by atoms with E-state index in [0.717, 1.165) is 29.7 Å². The summed E-state index contributed by atoms with van der Waals surface area (Å²) >= 11 is 6.25. The third-order valence-electron chi connectivity index (χ3n) is 3.24. The number of hydrogen-bond donors (Lipinski definition) is 1. The highest BCUT2D eigenvalue weighted by Gasteiger charge is 2.29. The number of hydrogen-bond acceptors (Lipinski definition) is 2. The monoisotopic (exact) mass is 247 g/mol. The second kappa shape index (κ2) is 4.19. The van der Waals surface area contributed by atoms with Crippen LogP contribution in [0.15, 0.2) is 23.2 Å². The molecule has 3 rings (SSSR count). The van der Waals surface area contributed by atoms with Crippen LogP contribution in [0.3, 0.4) is 0 Å². The number of benzene rings is 1. The quantitative estimate of drug-likeness (QED) is 0.838. The third kappa shape index (κ3) is 2.09. The Morgan fingerprint density at radius 1 is 1.24 bits per heavy atom. The first-order valence-corrected chi connectivity index (χ1v) is 6.39. The summed E-state index contributed by atoms with van der Waals surface area (Å²) in [5.41, 5.74) is 3.12. The van der Waals surface area contributed by atoms with Gasteiger partial charge >= 0.3 is 0 Å². The second-order valence-electron chi connectivity index (χ2n) is 4.64. The van der Waals surface area contributed by atoms with Gasteiger partial charge in [0.15, 0.2) is 0 Å². The van der Waals surface area contributed by atoms with Crippen molar-refractivity contribution >= 4 is 23.5 Å². The molecule has 1 fully saturated rings. The summed E-state index contributed by atoms with van der Waals surface area (Å²) in [6, 6.07) is 3.42. The number of nitrogens with zero attached hydrogens (tertiary/aromatic N) is 1. The lowest BCUT2D eigenvalue weighted by Crippen LogP contribution is -1.95. The lowest BCUT2D eigenvalue weighted by Gasteiger charge is -2.14. The SMILES string of the molecule is Oc1cc(Cl)c(C2CC2)c(C2=CCCC=N2)c1. The van der Waals surface area contributed by atoms with Crippen LogP contribution in [0.2, 0.25) is 5.02 Å². The number of phenolic OH excluding ortho intramolecular Hbond substituents is 1. The van der Waals surface area contributed by atoms with Crippen molar-refractivity contribution in [3.63, 3.8) is 0 Å². The molecule has 1 aliphatic heterocycles. The van der Waals surface area contributed by atoms with E-state index in [-0.39, 0.29) is 5.75 Å². The molecular weight excluding hydrogens is 234 g/mol. The molecule has 0 amide bonds. The number of phenols is 1. The minimum atomic E-state index is 0.219. The zero-order chi connectivity index (χ0) is 11.8. The molecule has 0 atom stereocenters. The Morgan fingerprint density at radius 3 is 2.71 bits per heavy atom. The van der Waals surface area contributed by atoms with E-state index >= 15 is 0 Å². The Kier molecular flexibility index (Phi) is 2.67. The van der Waals surface area contributed by atoms with Gasteiger partial charge in [-0.25, -0.2) is 0 Å². The first-order valence-electron chi connectivity index (χ1n) is 6.01. The smallest absolute Gasteiger partial charge is 0.117 e. The van der Waals surface area contributed by atoms with E-state index in [1.165, 1.54) is 12.8 Å². The Hall–Kier alpha value is -1.28. The van der Waals surface area contributed by atoms with Crippen LogP contribution >= 0.6 is 11.6 Å². The van der Waals surface area contributed by atoms with Gasteiger partial charge < -0.3 is 5.11 Å². The Labute approximate surface area is 106 Å². The van der Waals surface area contributed by atoms with E-state index in [1.807, 2.05) is 6.21 Å². The van der Waals surface area contributed by atoms with Crippen molar-refractivity contribution in [1.82, 2.24) is 0 Å². The molecule has 1 N–H and O–H groups in total. The third-order valence-corrected chi connectivity index (χ3v) is 3.55. The van der Waals surface area contributed by atoms with E-state index in [9.17, 15) is 5.11 Å². The molecule has 0 spiro atoms. The van der Waals surface area contributed by atoms with Crippen LogP contribution in [0.25, 0.3) is 5.70 Å². The molecule has 0 aromatic heterocycles. The molecule has 1 saturated carbocycles. The Bertz CT molecular complexity index is 515. The van der Waals surface area contributed by atoms with Crippen LogP contribution in [0.5, 0.6) is 5.75 Å². The van der Waals surface area contributed by atoms with Crippen molar-refractivity contribution in [3.8, 4) is 5.75 Å². The highest BCUT2D eigenvalue weighted by Crippen LogP contribution is 2.47. The maximum absolute atomic E-state index is 9.69. The fraction of sp³-hybridized carbons (Fsp3) is 0.357. The summed E-state index contributed by atoms with van der Waals surface area (Å²) in [4.78, 5) is 4.42. The van der Waals surface area contributed by atoms with Gasteiger partial charge in [0, 0.05) is 16.8 Å². The lowest BCUT2D eigenvalue weighted by atomic mass is 9.98. The van der Waals surface area contributed by atoms with E-state index in [1.54, 1.807) is 12.1 Å². The van der Waals surface area contributed by atoms with Gasteiger partial charge in [-0.05, 0) is 49.3 Å². The summed E-state index contributed by atoms with van der Waals surface area (Å²) in [5.74, 6) is 0.771. The molecule has 17 heavy (non-hydrogen) atoms. The normalized spacial score (nSPS) is 19.2. The maximum Gasteiger partial charge on any atom is 0.117 e. The van der Waals surface area contributed by atoms with Crippen molar-refractivity contribution in [3.05, 3.63) is 34.4 Å². The van der Waals surface area contributed by atoms with Crippen LogP contribution < -0.4 is 0 Å². The molecular formula is C14H14ClNO. The zero-order valence-electron chi connectivity index (χ0n) is 9.49. The first kappa shape index (κ1) is 10.8. The summed E-state index contributed by atoms with van der Waals surface area (Å²) in [5, 5.41) is 10.4. The minimum Gasteiger partial charge on any atom is -0.508 e. The van der Waals surface area contributed by atoms with Gasteiger partial charge in [0.1, 0.15) is 5.75 Å². The molecule has 0 saturated heterocycles. The Morgan fingerprint density at radius 2 is 2.06 bits per heavy atom. The number of allylic oxidation sites excluding steroid dienone is 1. The van der Waals surface area contributed by atoms with Crippen LogP contribution in [-0.4, -0.2) is 11.3 Å². The van der Waals surface area contributed by atoms with Gasteiger partial charge in [0.25, 0.3) is 0 Å². The number of aromatic hydroxyl groups is 1. The highest BCUT2D eigenvalue weighted by molar-refractivity contribution is 6.32. The fourth-order valence-corrected chi connectivity index (χ4v) is 2.66. The standard InChI is InChI=1S/C14H14ClNO/c15-12-8-10(17)7-11(14(12)9-4-5-9)13-3-1-2-6-16-13/h3,6-9,17H,1-2,4-5H2. The fourth-order valence-electron chi connectivity index (χ4n) is 2.29. The van der Waals surface area contributed by atoms with Crippen LogP contribution in [0, 0.1) is 0 Å². The minimum absolute atomic E-state index is 0.219. The molecule has 2 nitrogen and oxygen atoms in total. The van der Waals surface area contributed by atoms with Crippen LogP contribution in [0.4, 0.5) is 0 Å². The average Bonchev–Trinajstić information content (AvgIpc) is 3.13. The van der Waals surface area contributed by atoms with Crippen molar-refractivity contribution in [1.29, 1.82) is 0 Å². The molecule has 1 heterocycles. The van der Waals surface area contributed by atoms with Crippen LogP contribution in [0.1, 0.15) is 42.7 Å². The molecule has 1 aromatic carbocycles. The van der Waals surface area contributed by atoms with Gasteiger partial charge in [-0.1, -0.05) is 17.7 Å². The lowest BCUT2D eigenvalue weighted by molar-refractivity contribution is 0.475. The van der Waals surface area contributed by atoms with Gasteiger partial charge in [-0.3, -0.25) is 4.99 Å². The van der Waals surface area contributed by atoms with E-state index < -0.39 is 0 Å². The van der Waals surface area contributed by atoms with Crippen molar-refractivity contribution in [2.75, 3.05) is 0 Å². The van der Waals surface area contributed by atoms with Crippen molar-refractivity contribution in [2.24, 2.45) is 4.99 Å². The van der Waals surface area contributed by atoms with E-state index in [0.29, 0.717) is 10.9 Å². The van der Waals surface area contributed by atoms with Gasteiger partial charge in [-0.15, -0.1) is 0 Å². The predicted molar refractivity (Wildman–Crippen MR) is 70.8 cm³/mol.